The summed E-state index contributed by atoms with van der Waals surface area (Å²) in [5.74, 6) is -0.867. The summed E-state index contributed by atoms with van der Waals surface area (Å²) < 4.78 is 0. The largest absolute Gasteiger partial charge is 0.481 e. The Hall–Kier alpha value is -1.49. The summed E-state index contributed by atoms with van der Waals surface area (Å²) in [7, 11) is 0. The number of thiol groups is 1. The molecule has 0 unspecified atom stereocenters. The van der Waals surface area contributed by atoms with Crippen LogP contribution in [0.2, 0.25) is 0 Å². The Morgan fingerprint density at radius 1 is 1.57 bits per heavy atom. The van der Waals surface area contributed by atoms with Gasteiger partial charge in [-0.15, -0.1) is 12.6 Å². The standard InChI is InChI=1S/C9H8N2O2S/c12-8(13)2-5-1-6(14)3-7-9(5)11-4-10-7/h1,3-4,14H,2H2,(H,10,11)(H,12,13). The minimum absolute atomic E-state index is 0.0320. The number of H-pyrrole nitrogens is 1. The first-order valence-corrected chi connectivity index (χ1v) is 4.48. The van der Waals surface area contributed by atoms with Gasteiger partial charge in [-0.25, -0.2) is 4.98 Å². The van der Waals surface area contributed by atoms with Crippen molar-refractivity contribution < 1.29 is 9.90 Å². The Bertz CT molecular complexity index is 493. The number of hydrogen-bond donors (Lipinski definition) is 3. The van der Waals surface area contributed by atoms with Gasteiger partial charge in [-0.2, -0.15) is 0 Å². The molecule has 0 saturated heterocycles. The van der Waals surface area contributed by atoms with Gasteiger partial charge in [-0.05, 0) is 17.7 Å². The number of hydrogen-bond acceptors (Lipinski definition) is 3. The second kappa shape index (κ2) is 3.34. The van der Waals surface area contributed by atoms with Gasteiger partial charge in [0.15, 0.2) is 0 Å². The Morgan fingerprint density at radius 2 is 2.36 bits per heavy atom. The van der Waals surface area contributed by atoms with Crippen molar-refractivity contribution in [3.63, 3.8) is 0 Å². The van der Waals surface area contributed by atoms with Gasteiger partial charge >= 0.3 is 5.97 Å². The summed E-state index contributed by atoms with van der Waals surface area (Å²) >= 11 is 4.19. The lowest BCUT2D eigenvalue weighted by molar-refractivity contribution is -0.136. The van der Waals surface area contributed by atoms with E-state index in [1.54, 1.807) is 12.4 Å². The van der Waals surface area contributed by atoms with E-state index in [0.717, 1.165) is 10.4 Å². The number of fused-ring (bicyclic) bond motifs is 1. The highest BCUT2D eigenvalue weighted by Crippen LogP contribution is 2.20. The number of carbonyl (C=O) groups is 1. The second-order valence-corrected chi connectivity index (χ2v) is 3.49. The maximum atomic E-state index is 10.6. The first kappa shape index (κ1) is 9.08. The predicted octanol–water partition coefficient (Wildman–Crippen LogP) is 1.48. The lowest BCUT2D eigenvalue weighted by Gasteiger charge is -2.00. The number of nitrogens with zero attached hydrogens (tertiary/aromatic N) is 1. The summed E-state index contributed by atoms with van der Waals surface area (Å²) in [6.45, 7) is 0. The lowest BCUT2D eigenvalue weighted by Crippen LogP contribution is -2.00. The van der Waals surface area contributed by atoms with Gasteiger partial charge in [0.1, 0.15) is 0 Å². The molecule has 0 radical (unpaired) electrons. The summed E-state index contributed by atoms with van der Waals surface area (Å²) in [6, 6.07) is 3.54. The van der Waals surface area contributed by atoms with Gasteiger partial charge in [0.2, 0.25) is 0 Å². The van der Waals surface area contributed by atoms with Crippen molar-refractivity contribution in [2.45, 2.75) is 11.3 Å². The van der Waals surface area contributed by atoms with Crippen molar-refractivity contribution in [2.75, 3.05) is 0 Å². The Kier molecular flexibility index (Phi) is 2.17. The number of carboxylic acid groups (broad SMARTS) is 1. The SMILES string of the molecule is O=C(O)Cc1cc(S)cc2[nH]cnc12. The first-order chi connectivity index (χ1) is 6.66. The molecular weight excluding hydrogens is 200 g/mol. The van der Waals surface area contributed by atoms with Crippen LogP contribution in [0.3, 0.4) is 0 Å². The highest BCUT2D eigenvalue weighted by Gasteiger charge is 2.08. The fraction of sp³-hybridized carbons (Fsp3) is 0.111. The van der Waals surface area contributed by atoms with Crippen LogP contribution < -0.4 is 0 Å². The van der Waals surface area contributed by atoms with E-state index in [2.05, 4.69) is 22.6 Å². The molecule has 0 atom stereocenters. The molecule has 4 nitrogen and oxygen atoms in total. The molecule has 2 aromatic rings. The second-order valence-electron chi connectivity index (χ2n) is 2.97. The number of aliphatic carboxylic acids is 1. The van der Waals surface area contributed by atoms with Crippen molar-refractivity contribution in [2.24, 2.45) is 0 Å². The van der Waals surface area contributed by atoms with Crippen LogP contribution in [-0.4, -0.2) is 21.0 Å². The zero-order valence-corrected chi connectivity index (χ0v) is 8.08. The molecule has 0 aliphatic carbocycles. The maximum Gasteiger partial charge on any atom is 0.307 e. The third-order valence-electron chi connectivity index (χ3n) is 1.93. The van der Waals surface area contributed by atoms with Gasteiger partial charge in [0.25, 0.3) is 0 Å². The number of imidazole rings is 1. The summed E-state index contributed by atoms with van der Waals surface area (Å²) in [6.07, 6.45) is 1.51. The number of aromatic nitrogens is 2. The van der Waals surface area contributed by atoms with E-state index in [1.807, 2.05) is 6.07 Å². The van der Waals surface area contributed by atoms with E-state index in [9.17, 15) is 4.79 Å². The van der Waals surface area contributed by atoms with Crippen LogP contribution in [0.5, 0.6) is 0 Å². The lowest BCUT2D eigenvalue weighted by atomic mass is 10.1. The van der Waals surface area contributed by atoms with Crippen LogP contribution in [0.25, 0.3) is 11.0 Å². The third kappa shape index (κ3) is 1.58. The Morgan fingerprint density at radius 3 is 3.07 bits per heavy atom. The number of benzene rings is 1. The van der Waals surface area contributed by atoms with Crippen molar-refractivity contribution in [3.8, 4) is 0 Å². The van der Waals surface area contributed by atoms with Gasteiger partial charge in [0, 0.05) is 4.90 Å². The van der Waals surface area contributed by atoms with Gasteiger partial charge in [-0.3, -0.25) is 4.79 Å². The molecule has 14 heavy (non-hydrogen) atoms. The number of carboxylic acids is 1. The molecule has 0 aliphatic heterocycles. The van der Waals surface area contributed by atoms with E-state index in [0.29, 0.717) is 11.1 Å². The van der Waals surface area contributed by atoms with Crippen molar-refractivity contribution in [3.05, 3.63) is 24.0 Å². The monoisotopic (exact) mass is 208 g/mol. The molecule has 5 heteroatoms. The van der Waals surface area contributed by atoms with Gasteiger partial charge in [0.05, 0.1) is 23.8 Å². The number of aromatic amines is 1. The molecule has 0 fully saturated rings. The topological polar surface area (TPSA) is 66.0 Å². The average molecular weight is 208 g/mol. The summed E-state index contributed by atoms with van der Waals surface area (Å²) in [5.41, 5.74) is 2.19. The third-order valence-corrected chi connectivity index (χ3v) is 2.19. The molecule has 0 spiro atoms. The van der Waals surface area contributed by atoms with Crippen molar-refractivity contribution in [1.29, 1.82) is 0 Å². The quantitative estimate of drug-likeness (QED) is 0.655. The minimum atomic E-state index is -0.867. The normalized spacial score (nSPS) is 10.6. The Balaban J connectivity index is 2.60. The summed E-state index contributed by atoms with van der Waals surface area (Å²) in [5, 5.41) is 8.69. The highest BCUT2D eigenvalue weighted by molar-refractivity contribution is 7.80. The molecule has 0 amide bonds. The van der Waals surface area contributed by atoms with Crippen LogP contribution >= 0.6 is 12.6 Å². The van der Waals surface area contributed by atoms with Crippen LogP contribution in [0.15, 0.2) is 23.4 Å². The van der Waals surface area contributed by atoms with E-state index >= 15 is 0 Å². The van der Waals surface area contributed by atoms with Crippen LogP contribution in [0.1, 0.15) is 5.56 Å². The van der Waals surface area contributed by atoms with E-state index < -0.39 is 5.97 Å². The van der Waals surface area contributed by atoms with Gasteiger partial charge < -0.3 is 10.1 Å². The highest BCUT2D eigenvalue weighted by atomic mass is 32.1. The molecule has 2 rings (SSSR count). The van der Waals surface area contributed by atoms with E-state index in [-0.39, 0.29) is 6.42 Å². The summed E-state index contributed by atoms with van der Waals surface area (Å²) in [4.78, 5) is 18.3. The van der Waals surface area contributed by atoms with E-state index in [1.165, 1.54) is 0 Å². The van der Waals surface area contributed by atoms with Crippen LogP contribution in [0, 0.1) is 0 Å². The number of rotatable bonds is 2. The minimum Gasteiger partial charge on any atom is -0.481 e. The average Bonchev–Trinajstić information content (AvgIpc) is 2.50. The number of nitrogens with one attached hydrogen (secondary N) is 1. The predicted molar refractivity (Wildman–Crippen MR) is 54.7 cm³/mol. The first-order valence-electron chi connectivity index (χ1n) is 4.03. The smallest absolute Gasteiger partial charge is 0.307 e. The zero-order chi connectivity index (χ0) is 10.1. The molecular formula is C9H8N2O2S. The molecule has 2 N–H and O–H groups in total. The van der Waals surface area contributed by atoms with Crippen LogP contribution in [0.4, 0.5) is 0 Å². The molecule has 1 aromatic carbocycles. The molecule has 1 aromatic heterocycles. The van der Waals surface area contributed by atoms with Crippen LogP contribution in [-0.2, 0) is 11.2 Å². The molecule has 0 bridgehead atoms. The molecule has 1 heterocycles. The maximum absolute atomic E-state index is 10.6. The van der Waals surface area contributed by atoms with Crippen molar-refractivity contribution in [1.82, 2.24) is 9.97 Å². The zero-order valence-electron chi connectivity index (χ0n) is 7.19. The van der Waals surface area contributed by atoms with E-state index in [4.69, 9.17) is 5.11 Å². The molecule has 72 valence electrons. The fourth-order valence-electron chi connectivity index (χ4n) is 1.40. The fourth-order valence-corrected chi connectivity index (χ4v) is 1.69. The van der Waals surface area contributed by atoms with Gasteiger partial charge in [-0.1, -0.05) is 0 Å². The molecule has 0 aliphatic rings. The van der Waals surface area contributed by atoms with Crippen molar-refractivity contribution >= 4 is 29.6 Å². The molecule has 0 saturated carbocycles. The Labute approximate surface area is 85.4 Å².